The van der Waals surface area contributed by atoms with E-state index in [1.807, 2.05) is 0 Å². The average molecular weight is 294 g/mol. The van der Waals surface area contributed by atoms with Gasteiger partial charge in [0.15, 0.2) is 0 Å². The first kappa shape index (κ1) is 14.3. The van der Waals surface area contributed by atoms with Crippen molar-refractivity contribution in [3.8, 4) is 0 Å². The van der Waals surface area contributed by atoms with Crippen LogP contribution < -0.4 is 10.6 Å². The molecule has 0 fully saturated rings. The molecule has 0 unspecified atom stereocenters. The fraction of sp³-hybridized carbons (Fsp3) is 0.222. The van der Waals surface area contributed by atoms with Crippen LogP contribution in [0.1, 0.15) is 22.3 Å². The van der Waals surface area contributed by atoms with Crippen molar-refractivity contribution in [3.05, 3.63) is 58.7 Å². The number of nitrogens with one attached hydrogen (secondary N) is 2. The summed E-state index contributed by atoms with van der Waals surface area (Å²) < 4.78 is 0. The Bertz CT molecular complexity index is 649. The molecule has 2 aromatic carbocycles. The second-order valence-electron chi connectivity index (χ2n) is 5.51. The first-order valence-electron chi connectivity index (χ1n) is 7.44. The van der Waals surface area contributed by atoms with Crippen LogP contribution in [-0.4, -0.2) is 12.8 Å². The first-order chi connectivity index (χ1) is 10.8. The summed E-state index contributed by atoms with van der Waals surface area (Å²) in [6, 6.07) is 12.5. The molecule has 22 heavy (non-hydrogen) atoms. The SMILES string of the molecule is O=CNc1cc2ccc1CCc1ccc(cc1NC=O)CC2. The van der Waals surface area contributed by atoms with Crippen LogP contribution in [0.2, 0.25) is 0 Å². The number of carbonyl (C=O) groups is 2. The summed E-state index contributed by atoms with van der Waals surface area (Å²) in [5.41, 5.74) is 6.38. The van der Waals surface area contributed by atoms with Gasteiger partial charge >= 0.3 is 0 Å². The number of carbonyl (C=O) groups excluding carboxylic acids is 2. The van der Waals surface area contributed by atoms with Crippen LogP contribution in [0.25, 0.3) is 0 Å². The Morgan fingerprint density at radius 2 is 1.14 bits per heavy atom. The molecule has 0 spiro atoms. The minimum absolute atomic E-state index is 0.724. The van der Waals surface area contributed by atoms with Crippen molar-refractivity contribution in [2.24, 2.45) is 0 Å². The van der Waals surface area contributed by atoms with Crippen LogP contribution in [0.5, 0.6) is 0 Å². The van der Waals surface area contributed by atoms with Gasteiger partial charge in [-0.1, -0.05) is 24.3 Å². The predicted octanol–water partition coefficient (Wildman–Crippen LogP) is 2.71. The van der Waals surface area contributed by atoms with E-state index in [0.29, 0.717) is 0 Å². The summed E-state index contributed by atoms with van der Waals surface area (Å²) in [4.78, 5) is 21.6. The molecular weight excluding hydrogens is 276 g/mol. The molecule has 0 aromatic heterocycles. The van der Waals surface area contributed by atoms with E-state index in [0.717, 1.165) is 61.0 Å². The van der Waals surface area contributed by atoms with Gasteiger partial charge in [0.25, 0.3) is 0 Å². The lowest BCUT2D eigenvalue weighted by Crippen LogP contribution is -2.06. The predicted molar refractivity (Wildman–Crippen MR) is 87.1 cm³/mol. The van der Waals surface area contributed by atoms with E-state index < -0.39 is 0 Å². The third-order valence-corrected chi connectivity index (χ3v) is 4.14. The summed E-state index contributed by atoms with van der Waals surface area (Å²) in [6.07, 6.45) is 4.86. The number of aryl methyl sites for hydroxylation is 4. The van der Waals surface area contributed by atoms with Crippen molar-refractivity contribution in [1.29, 1.82) is 0 Å². The Morgan fingerprint density at radius 1 is 0.682 bits per heavy atom. The molecule has 4 heteroatoms. The van der Waals surface area contributed by atoms with E-state index in [1.54, 1.807) is 0 Å². The van der Waals surface area contributed by atoms with Gasteiger partial charge in [-0.25, -0.2) is 0 Å². The van der Waals surface area contributed by atoms with Crippen molar-refractivity contribution in [1.82, 2.24) is 0 Å². The first-order valence-corrected chi connectivity index (χ1v) is 7.44. The van der Waals surface area contributed by atoms with Crippen LogP contribution in [0.15, 0.2) is 36.4 Å². The van der Waals surface area contributed by atoms with Crippen molar-refractivity contribution in [2.45, 2.75) is 25.7 Å². The molecule has 4 bridgehead atoms. The zero-order valence-electron chi connectivity index (χ0n) is 12.3. The monoisotopic (exact) mass is 294 g/mol. The minimum atomic E-state index is 0.724. The Labute approximate surface area is 129 Å². The minimum Gasteiger partial charge on any atom is -0.328 e. The van der Waals surface area contributed by atoms with Gasteiger partial charge in [-0.3, -0.25) is 9.59 Å². The molecule has 2 N–H and O–H groups in total. The topological polar surface area (TPSA) is 58.2 Å². The van der Waals surface area contributed by atoms with Gasteiger partial charge in [0.05, 0.1) is 0 Å². The Kier molecular flexibility index (Phi) is 4.19. The molecule has 4 aliphatic rings. The number of rotatable bonds is 4. The fourth-order valence-electron chi connectivity index (χ4n) is 2.95. The smallest absolute Gasteiger partial charge is 0.211 e. The van der Waals surface area contributed by atoms with Crippen molar-refractivity contribution < 1.29 is 9.59 Å². The van der Waals surface area contributed by atoms with E-state index in [2.05, 4.69) is 47.0 Å². The van der Waals surface area contributed by atoms with Gasteiger partial charge in [-0.15, -0.1) is 0 Å². The summed E-state index contributed by atoms with van der Waals surface area (Å²) >= 11 is 0. The summed E-state index contributed by atoms with van der Waals surface area (Å²) in [6.45, 7) is 0. The molecule has 6 rings (SSSR count). The van der Waals surface area contributed by atoms with Crippen molar-refractivity contribution in [2.75, 3.05) is 10.6 Å². The summed E-state index contributed by atoms with van der Waals surface area (Å²) in [5, 5.41) is 5.60. The Morgan fingerprint density at radius 3 is 1.55 bits per heavy atom. The van der Waals surface area contributed by atoms with Crippen LogP contribution in [0.3, 0.4) is 0 Å². The summed E-state index contributed by atoms with van der Waals surface area (Å²) in [7, 11) is 0. The van der Waals surface area contributed by atoms with Gasteiger partial charge in [0.1, 0.15) is 0 Å². The van der Waals surface area contributed by atoms with Crippen LogP contribution >= 0.6 is 0 Å². The van der Waals surface area contributed by atoms with Gasteiger partial charge in [-0.05, 0) is 60.1 Å². The Balaban J connectivity index is 2.00. The van der Waals surface area contributed by atoms with Gasteiger partial charge in [0.2, 0.25) is 12.8 Å². The number of amides is 2. The molecule has 0 saturated heterocycles. The lowest BCUT2D eigenvalue weighted by Gasteiger charge is -2.16. The number of hydrogen-bond donors (Lipinski definition) is 2. The molecule has 2 amide bonds. The second kappa shape index (κ2) is 6.43. The maximum absolute atomic E-state index is 10.8. The number of benzene rings is 2. The van der Waals surface area contributed by atoms with Crippen LogP contribution in [0.4, 0.5) is 11.4 Å². The quantitative estimate of drug-likeness (QED) is 0.852. The summed E-state index contributed by atoms with van der Waals surface area (Å²) in [5.74, 6) is 0. The molecule has 4 aliphatic carbocycles. The standard InChI is InChI=1S/C18H18N2O2/c21-11-19-17-9-13-1-2-14-4-6-16(18(10-14)20-12-22)8-7-15(17)5-3-13/h3-6,9-12H,1-2,7-8H2,(H,19,21)(H,20,22). The third kappa shape index (κ3) is 3.01. The lowest BCUT2D eigenvalue weighted by molar-refractivity contribution is -0.106. The molecular formula is C18H18N2O2. The maximum atomic E-state index is 10.8. The Hall–Kier alpha value is -2.62. The van der Waals surface area contributed by atoms with Crippen molar-refractivity contribution >= 4 is 24.2 Å². The zero-order chi connectivity index (χ0) is 15.4. The van der Waals surface area contributed by atoms with Crippen LogP contribution in [0, 0.1) is 0 Å². The van der Waals surface area contributed by atoms with E-state index >= 15 is 0 Å². The largest absolute Gasteiger partial charge is 0.328 e. The lowest BCUT2D eigenvalue weighted by atomic mass is 9.94. The molecule has 0 saturated carbocycles. The highest BCUT2D eigenvalue weighted by molar-refractivity contribution is 5.75. The normalized spacial score (nSPS) is 13.1. The van der Waals surface area contributed by atoms with Crippen molar-refractivity contribution in [3.63, 3.8) is 0 Å². The zero-order valence-corrected chi connectivity index (χ0v) is 12.3. The van der Waals surface area contributed by atoms with E-state index in [9.17, 15) is 9.59 Å². The second-order valence-corrected chi connectivity index (χ2v) is 5.51. The highest BCUT2D eigenvalue weighted by Gasteiger charge is 2.10. The third-order valence-electron chi connectivity index (χ3n) is 4.14. The van der Waals surface area contributed by atoms with Gasteiger partial charge in [0, 0.05) is 11.4 Å². The number of anilines is 2. The molecule has 0 atom stereocenters. The average Bonchev–Trinajstić information content (AvgIpc) is 2.52. The maximum Gasteiger partial charge on any atom is 0.211 e. The van der Waals surface area contributed by atoms with Crippen LogP contribution in [-0.2, 0) is 35.3 Å². The molecule has 4 nitrogen and oxygen atoms in total. The molecule has 0 heterocycles. The van der Waals surface area contributed by atoms with E-state index in [4.69, 9.17) is 0 Å². The van der Waals surface area contributed by atoms with E-state index in [-0.39, 0.29) is 0 Å². The highest BCUT2D eigenvalue weighted by Crippen LogP contribution is 2.26. The molecule has 112 valence electrons. The van der Waals surface area contributed by atoms with Gasteiger partial charge in [-0.2, -0.15) is 0 Å². The molecule has 0 aliphatic heterocycles. The number of hydrogen-bond acceptors (Lipinski definition) is 2. The molecule has 2 aromatic rings. The molecule has 0 radical (unpaired) electrons. The van der Waals surface area contributed by atoms with E-state index in [1.165, 1.54) is 11.1 Å². The fourth-order valence-corrected chi connectivity index (χ4v) is 2.95. The van der Waals surface area contributed by atoms with Gasteiger partial charge < -0.3 is 10.6 Å². The highest BCUT2D eigenvalue weighted by atomic mass is 16.1.